The zero-order valence-corrected chi connectivity index (χ0v) is 10.6. The van der Waals surface area contributed by atoms with E-state index >= 15 is 0 Å². The Kier molecular flexibility index (Phi) is 4.04. The van der Waals surface area contributed by atoms with E-state index in [0.717, 1.165) is 17.8 Å². The number of aromatic nitrogens is 3. The lowest BCUT2D eigenvalue weighted by molar-refractivity contribution is 0.582. The number of nitrogens with zero attached hydrogens (tertiary/aromatic N) is 3. The van der Waals surface area contributed by atoms with Gasteiger partial charge in [-0.1, -0.05) is 13.8 Å². The number of nitrogens with one attached hydrogen (secondary N) is 1. The minimum atomic E-state index is -0.311. The van der Waals surface area contributed by atoms with E-state index < -0.39 is 0 Å². The van der Waals surface area contributed by atoms with Crippen LogP contribution in [0.5, 0.6) is 0 Å². The van der Waals surface area contributed by atoms with Crippen molar-refractivity contribution in [2.75, 3.05) is 0 Å². The van der Waals surface area contributed by atoms with Crippen LogP contribution in [-0.4, -0.2) is 20.6 Å². The fraction of sp³-hybridized carbons (Fsp3) is 0.385. The molecule has 0 atom stereocenters. The quantitative estimate of drug-likeness (QED) is 0.879. The summed E-state index contributed by atoms with van der Waals surface area (Å²) in [5, 5.41) is 3.30. The summed E-state index contributed by atoms with van der Waals surface area (Å²) in [5.41, 5.74) is 1.81. The van der Waals surface area contributed by atoms with Gasteiger partial charge in [0.25, 0.3) is 0 Å². The number of pyridine rings is 1. The summed E-state index contributed by atoms with van der Waals surface area (Å²) in [5.74, 6) is -0.311. The SMILES string of the molecule is CC(C)NCc1cn(Cc2cncc(F)c2)cn1. The van der Waals surface area contributed by atoms with Crippen LogP contribution in [0.3, 0.4) is 0 Å². The first-order valence-corrected chi connectivity index (χ1v) is 5.97. The maximum Gasteiger partial charge on any atom is 0.141 e. The Morgan fingerprint density at radius 1 is 1.39 bits per heavy atom. The summed E-state index contributed by atoms with van der Waals surface area (Å²) in [4.78, 5) is 8.12. The Hall–Kier alpha value is -1.75. The van der Waals surface area contributed by atoms with Crippen LogP contribution in [0.2, 0.25) is 0 Å². The van der Waals surface area contributed by atoms with E-state index in [1.807, 2.05) is 10.8 Å². The van der Waals surface area contributed by atoms with Crippen molar-refractivity contribution in [3.8, 4) is 0 Å². The molecule has 0 aliphatic heterocycles. The van der Waals surface area contributed by atoms with Crippen molar-refractivity contribution in [2.24, 2.45) is 0 Å². The Balaban J connectivity index is 1.98. The first kappa shape index (κ1) is 12.7. The molecule has 4 nitrogen and oxygen atoms in total. The van der Waals surface area contributed by atoms with Gasteiger partial charge in [-0.05, 0) is 11.6 Å². The molecule has 0 aliphatic carbocycles. The topological polar surface area (TPSA) is 42.7 Å². The predicted molar refractivity (Wildman–Crippen MR) is 67.5 cm³/mol. The van der Waals surface area contributed by atoms with Gasteiger partial charge < -0.3 is 9.88 Å². The fourth-order valence-electron chi connectivity index (χ4n) is 1.65. The van der Waals surface area contributed by atoms with Crippen LogP contribution in [0.1, 0.15) is 25.1 Å². The van der Waals surface area contributed by atoms with Gasteiger partial charge in [0.2, 0.25) is 0 Å². The standard InChI is InChI=1S/C13H17FN4/c1-10(2)16-6-13-8-18(9-17-13)7-11-3-12(14)5-15-4-11/h3-5,8-10,16H,6-7H2,1-2H3. The number of hydrogen-bond acceptors (Lipinski definition) is 3. The molecule has 0 spiro atoms. The van der Waals surface area contributed by atoms with Crippen LogP contribution in [0.15, 0.2) is 31.0 Å². The molecule has 2 heterocycles. The third-order valence-corrected chi connectivity index (χ3v) is 2.50. The molecule has 2 rings (SSSR count). The maximum atomic E-state index is 13.0. The largest absolute Gasteiger partial charge is 0.333 e. The Bertz CT molecular complexity index is 507. The maximum absolute atomic E-state index is 13.0. The fourth-order valence-corrected chi connectivity index (χ4v) is 1.65. The molecule has 0 bridgehead atoms. The van der Waals surface area contributed by atoms with E-state index in [1.165, 1.54) is 12.3 Å². The lowest BCUT2D eigenvalue weighted by Crippen LogP contribution is -2.21. The van der Waals surface area contributed by atoms with E-state index in [2.05, 4.69) is 29.1 Å². The molecule has 0 saturated carbocycles. The normalized spacial score (nSPS) is 11.1. The second-order valence-electron chi connectivity index (χ2n) is 4.58. The van der Waals surface area contributed by atoms with Crippen LogP contribution in [0.4, 0.5) is 4.39 Å². The molecule has 0 unspecified atom stereocenters. The van der Waals surface area contributed by atoms with Gasteiger partial charge in [-0.3, -0.25) is 4.98 Å². The van der Waals surface area contributed by atoms with Crippen molar-refractivity contribution in [2.45, 2.75) is 33.0 Å². The number of imidazole rings is 1. The summed E-state index contributed by atoms with van der Waals surface area (Å²) in [7, 11) is 0. The highest BCUT2D eigenvalue weighted by Crippen LogP contribution is 2.05. The molecule has 18 heavy (non-hydrogen) atoms. The van der Waals surface area contributed by atoms with Crippen LogP contribution in [0, 0.1) is 5.82 Å². The third kappa shape index (κ3) is 3.63. The van der Waals surface area contributed by atoms with Gasteiger partial charge in [-0.2, -0.15) is 0 Å². The lowest BCUT2D eigenvalue weighted by Gasteiger charge is -2.05. The summed E-state index contributed by atoms with van der Waals surface area (Å²) in [6.45, 7) is 5.51. The Labute approximate surface area is 106 Å². The molecular formula is C13H17FN4. The zero-order valence-electron chi connectivity index (χ0n) is 10.6. The van der Waals surface area contributed by atoms with Gasteiger partial charge in [0, 0.05) is 25.0 Å². The van der Waals surface area contributed by atoms with Crippen molar-refractivity contribution in [1.82, 2.24) is 19.9 Å². The van der Waals surface area contributed by atoms with E-state index in [9.17, 15) is 4.39 Å². The van der Waals surface area contributed by atoms with E-state index in [-0.39, 0.29) is 5.82 Å². The molecule has 2 aromatic heterocycles. The average molecular weight is 248 g/mol. The molecule has 1 N–H and O–H groups in total. The van der Waals surface area contributed by atoms with Gasteiger partial charge >= 0.3 is 0 Å². The molecule has 0 amide bonds. The summed E-state index contributed by atoms with van der Waals surface area (Å²) in [6, 6.07) is 1.92. The van der Waals surface area contributed by atoms with E-state index in [4.69, 9.17) is 0 Å². The summed E-state index contributed by atoms with van der Waals surface area (Å²) < 4.78 is 14.9. The number of rotatable bonds is 5. The highest BCUT2D eigenvalue weighted by Gasteiger charge is 2.02. The highest BCUT2D eigenvalue weighted by molar-refractivity contribution is 5.11. The smallest absolute Gasteiger partial charge is 0.141 e. The number of hydrogen-bond donors (Lipinski definition) is 1. The predicted octanol–water partition coefficient (Wildman–Crippen LogP) is 1.96. The lowest BCUT2D eigenvalue weighted by atomic mass is 10.3. The highest BCUT2D eigenvalue weighted by atomic mass is 19.1. The number of halogens is 1. The van der Waals surface area contributed by atoms with Crippen LogP contribution < -0.4 is 5.32 Å². The first-order valence-electron chi connectivity index (χ1n) is 5.97. The third-order valence-electron chi connectivity index (χ3n) is 2.50. The van der Waals surface area contributed by atoms with Crippen molar-refractivity contribution in [3.63, 3.8) is 0 Å². The van der Waals surface area contributed by atoms with E-state index in [1.54, 1.807) is 12.5 Å². The molecule has 0 radical (unpaired) electrons. The summed E-state index contributed by atoms with van der Waals surface area (Å²) >= 11 is 0. The van der Waals surface area contributed by atoms with E-state index in [0.29, 0.717) is 12.6 Å². The second-order valence-corrected chi connectivity index (χ2v) is 4.58. The summed E-state index contributed by atoms with van der Waals surface area (Å²) in [6.07, 6.45) is 6.58. The molecule has 5 heteroatoms. The van der Waals surface area contributed by atoms with Gasteiger partial charge in [-0.25, -0.2) is 9.37 Å². The average Bonchev–Trinajstić information content (AvgIpc) is 2.74. The molecule has 2 aromatic rings. The molecule has 0 saturated heterocycles. The van der Waals surface area contributed by atoms with Crippen LogP contribution >= 0.6 is 0 Å². The molecule has 0 aromatic carbocycles. The Morgan fingerprint density at radius 2 is 2.22 bits per heavy atom. The molecule has 0 aliphatic rings. The monoisotopic (exact) mass is 248 g/mol. The molecule has 0 fully saturated rings. The van der Waals surface area contributed by atoms with Crippen molar-refractivity contribution in [1.29, 1.82) is 0 Å². The first-order chi connectivity index (χ1) is 8.63. The zero-order chi connectivity index (χ0) is 13.0. The molecule has 96 valence electrons. The minimum Gasteiger partial charge on any atom is -0.333 e. The Morgan fingerprint density at radius 3 is 2.94 bits per heavy atom. The van der Waals surface area contributed by atoms with Crippen molar-refractivity contribution in [3.05, 3.63) is 48.1 Å². The van der Waals surface area contributed by atoms with Crippen LogP contribution in [0.25, 0.3) is 0 Å². The van der Waals surface area contributed by atoms with Crippen LogP contribution in [-0.2, 0) is 13.1 Å². The second kappa shape index (κ2) is 5.73. The van der Waals surface area contributed by atoms with Gasteiger partial charge in [0.1, 0.15) is 5.82 Å². The minimum absolute atomic E-state index is 0.311. The van der Waals surface area contributed by atoms with Gasteiger partial charge in [0.15, 0.2) is 0 Å². The van der Waals surface area contributed by atoms with Gasteiger partial charge in [0.05, 0.1) is 24.8 Å². The molecular weight excluding hydrogens is 231 g/mol. The van der Waals surface area contributed by atoms with Crippen molar-refractivity contribution >= 4 is 0 Å². The van der Waals surface area contributed by atoms with Gasteiger partial charge in [-0.15, -0.1) is 0 Å². The van der Waals surface area contributed by atoms with Crippen molar-refractivity contribution < 1.29 is 4.39 Å².